The molecule has 0 aliphatic heterocycles. The average Bonchev–Trinajstić information content (AvgIpc) is 1.72. The van der Waals surface area contributed by atoms with Crippen LogP contribution < -0.4 is 12.4 Å². The molecule has 0 nitrogen and oxygen atoms in total. The van der Waals surface area contributed by atoms with Gasteiger partial charge in [0.15, 0.2) is 0 Å². The quantitative estimate of drug-likeness (QED) is 0.370. The van der Waals surface area contributed by atoms with Crippen molar-refractivity contribution < 1.29 is 12.4 Å². The monoisotopic (exact) mass is 174 g/mol. The number of hydrogen-bond acceptors (Lipinski definition) is 0. The van der Waals surface area contributed by atoms with Crippen molar-refractivity contribution >= 4 is 31.8 Å². The van der Waals surface area contributed by atoms with E-state index in [9.17, 15) is 0 Å². The van der Waals surface area contributed by atoms with Gasteiger partial charge in [-0.15, -0.1) is 0 Å². The first-order valence-electron chi connectivity index (χ1n) is 3.14. The molecule has 0 aromatic carbocycles. The van der Waals surface area contributed by atoms with Crippen LogP contribution in [0, 0.1) is 6.92 Å². The predicted molar refractivity (Wildman–Crippen MR) is 44.0 cm³/mol. The van der Waals surface area contributed by atoms with Gasteiger partial charge < -0.3 is 19.3 Å². The van der Waals surface area contributed by atoms with Crippen LogP contribution in [-0.4, -0.2) is 31.8 Å². The first-order valence-corrected chi connectivity index (χ1v) is 5.59. The molecule has 0 unspecified atom stereocenters. The topological polar surface area (TPSA) is 0 Å². The Labute approximate surface area is 83.0 Å². The second kappa shape index (κ2) is 12.0. The molecule has 0 saturated carbocycles. The third kappa shape index (κ3) is 9.27. The summed E-state index contributed by atoms with van der Waals surface area (Å²) >= 11 is 0. The van der Waals surface area contributed by atoms with Gasteiger partial charge >= 0.3 is 23.1 Å². The van der Waals surface area contributed by atoms with Gasteiger partial charge in [0.2, 0.25) is 0 Å². The fourth-order valence-electron chi connectivity index (χ4n) is 0.697. The SMILES string of the molecule is [CH2-]C[SiH](CC)CC.[Cl-].[Mg+2]. The van der Waals surface area contributed by atoms with Crippen LogP contribution in [-0.2, 0) is 0 Å². The standard InChI is InChI=1S/C6H15Si.ClH.Mg/c1-4-7(5-2)6-3;;/h7H,1,4-6H2,2-3H3;1H;/q-1;;+2/p-1. The van der Waals surface area contributed by atoms with E-state index < -0.39 is 0 Å². The van der Waals surface area contributed by atoms with Gasteiger partial charge in [0, 0.05) is 8.80 Å². The molecule has 9 heavy (non-hydrogen) atoms. The minimum Gasteiger partial charge on any atom is -1.00 e. The van der Waals surface area contributed by atoms with Crippen LogP contribution >= 0.6 is 0 Å². The minimum absolute atomic E-state index is 0. The first-order chi connectivity index (χ1) is 3.35. The summed E-state index contributed by atoms with van der Waals surface area (Å²) in [5.41, 5.74) is 0. The van der Waals surface area contributed by atoms with E-state index in [0.717, 1.165) is 0 Å². The van der Waals surface area contributed by atoms with Gasteiger partial charge in [-0.3, -0.25) is 0 Å². The molecule has 0 radical (unpaired) electrons. The number of rotatable bonds is 3. The van der Waals surface area contributed by atoms with Crippen molar-refractivity contribution in [1.29, 1.82) is 0 Å². The van der Waals surface area contributed by atoms with E-state index >= 15 is 0 Å². The second-order valence-corrected chi connectivity index (χ2v) is 5.91. The van der Waals surface area contributed by atoms with E-state index in [4.69, 9.17) is 0 Å². The smallest absolute Gasteiger partial charge is 1.00 e. The Morgan fingerprint density at radius 1 is 1.22 bits per heavy atom. The minimum atomic E-state index is -0.282. The molecular formula is C6H15ClMgSi. The van der Waals surface area contributed by atoms with Gasteiger partial charge in [0.1, 0.15) is 0 Å². The van der Waals surface area contributed by atoms with E-state index in [2.05, 4.69) is 20.8 Å². The van der Waals surface area contributed by atoms with Gasteiger partial charge in [-0.25, -0.2) is 0 Å². The van der Waals surface area contributed by atoms with Gasteiger partial charge in [0.25, 0.3) is 0 Å². The summed E-state index contributed by atoms with van der Waals surface area (Å²) < 4.78 is 0. The average molecular weight is 175 g/mol. The fraction of sp³-hybridized carbons (Fsp3) is 0.833. The molecule has 0 saturated heterocycles. The van der Waals surface area contributed by atoms with Crippen LogP contribution in [0.1, 0.15) is 13.8 Å². The van der Waals surface area contributed by atoms with Crippen molar-refractivity contribution in [2.75, 3.05) is 0 Å². The van der Waals surface area contributed by atoms with Gasteiger partial charge in [-0.05, 0) is 0 Å². The predicted octanol–water partition coefficient (Wildman–Crippen LogP) is -1.29. The Morgan fingerprint density at radius 3 is 1.56 bits per heavy atom. The van der Waals surface area contributed by atoms with Crippen LogP contribution in [0.2, 0.25) is 18.1 Å². The van der Waals surface area contributed by atoms with E-state index in [1.165, 1.54) is 18.1 Å². The van der Waals surface area contributed by atoms with Gasteiger partial charge in [-0.1, -0.05) is 25.9 Å². The van der Waals surface area contributed by atoms with E-state index in [1.54, 1.807) is 0 Å². The summed E-state index contributed by atoms with van der Waals surface area (Å²) in [4.78, 5) is 0. The molecule has 0 aromatic heterocycles. The molecule has 0 amide bonds. The fourth-order valence-corrected chi connectivity index (χ4v) is 2.09. The molecule has 0 spiro atoms. The van der Waals surface area contributed by atoms with Crippen molar-refractivity contribution in [1.82, 2.24) is 0 Å². The summed E-state index contributed by atoms with van der Waals surface area (Å²) in [5.74, 6) is 0. The van der Waals surface area contributed by atoms with Crippen LogP contribution in [0.25, 0.3) is 0 Å². The molecule has 0 atom stereocenters. The molecule has 3 heteroatoms. The maximum Gasteiger partial charge on any atom is 2.00 e. The Bertz CT molecular complexity index is 34.5. The van der Waals surface area contributed by atoms with E-state index in [-0.39, 0.29) is 44.3 Å². The van der Waals surface area contributed by atoms with Gasteiger partial charge in [-0.2, -0.15) is 6.04 Å². The van der Waals surface area contributed by atoms with Crippen LogP contribution in [0.4, 0.5) is 0 Å². The zero-order valence-electron chi connectivity index (χ0n) is 6.49. The third-order valence-corrected chi connectivity index (χ3v) is 4.69. The molecule has 0 rings (SSSR count). The van der Waals surface area contributed by atoms with Crippen molar-refractivity contribution in [2.45, 2.75) is 32.0 Å². The van der Waals surface area contributed by atoms with Crippen molar-refractivity contribution in [3.8, 4) is 0 Å². The van der Waals surface area contributed by atoms with E-state index in [1.807, 2.05) is 0 Å². The van der Waals surface area contributed by atoms with Crippen molar-refractivity contribution in [2.24, 2.45) is 0 Å². The zero-order chi connectivity index (χ0) is 5.70. The third-order valence-electron chi connectivity index (χ3n) is 1.56. The molecule has 0 heterocycles. The van der Waals surface area contributed by atoms with Gasteiger partial charge in [0.05, 0.1) is 0 Å². The number of hydrogen-bond donors (Lipinski definition) is 0. The Hall–Kier alpha value is 1.27. The van der Waals surface area contributed by atoms with Crippen molar-refractivity contribution in [3.63, 3.8) is 0 Å². The molecule has 0 aliphatic carbocycles. The molecule has 0 bridgehead atoms. The summed E-state index contributed by atoms with van der Waals surface area (Å²) in [6.07, 6.45) is 0. The van der Waals surface area contributed by atoms with Crippen LogP contribution in [0.3, 0.4) is 0 Å². The molecule has 0 N–H and O–H groups in total. The van der Waals surface area contributed by atoms with Crippen LogP contribution in [0.15, 0.2) is 0 Å². The zero-order valence-corrected chi connectivity index (χ0v) is 9.82. The molecule has 0 aromatic rings. The normalized spacial score (nSPS) is 8.00. The van der Waals surface area contributed by atoms with Crippen molar-refractivity contribution in [3.05, 3.63) is 6.92 Å². The molecule has 52 valence electrons. The Morgan fingerprint density at radius 2 is 1.56 bits per heavy atom. The first kappa shape index (κ1) is 16.7. The number of halogens is 1. The van der Waals surface area contributed by atoms with E-state index in [0.29, 0.717) is 0 Å². The summed E-state index contributed by atoms with van der Waals surface area (Å²) in [6.45, 7) is 8.46. The summed E-state index contributed by atoms with van der Waals surface area (Å²) in [5, 5.41) is 0. The molecular weight excluding hydrogens is 160 g/mol. The molecule has 0 aliphatic rings. The van der Waals surface area contributed by atoms with Crippen LogP contribution in [0.5, 0.6) is 0 Å². The molecule has 0 fully saturated rings. The largest absolute Gasteiger partial charge is 2.00 e. The summed E-state index contributed by atoms with van der Waals surface area (Å²) in [7, 11) is -0.282. The maximum atomic E-state index is 3.89. The maximum absolute atomic E-state index is 3.89. The Balaban J connectivity index is -0.000000180. The summed E-state index contributed by atoms with van der Waals surface area (Å²) in [6, 6.07) is 4.10. The second-order valence-electron chi connectivity index (χ2n) is 1.97. The Kier molecular flexibility index (Phi) is 22.3.